The van der Waals surface area contributed by atoms with Crippen molar-refractivity contribution in [1.29, 1.82) is 0 Å². The molecule has 0 fully saturated rings. The van der Waals surface area contributed by atoms with Gasteiger partial charge in [-0.2, -0.15) is 13.2 Å². The molecule has 0 saturated carbocycles. The van der Waals surface area contributed by atoms with Crippen molar-refractivity contribution in [2.24, 2.45) is 11.7 Å². The Morgan fingerprint density at radius 2 is 1.69 bits per heavy atom. The van der Waals surface area contributed by atoms with Crippen molar-refractivity contribution in [3.63, 3.8) is 0 Å². The highest BCUT2D eigenvalue weighted by Crippen LogP contribution is 2.32. The van der Waals surface area contributed by atoms with Gasteiger partial charge in [0.2, 0.25) is 0 Å². The highest BCUT2D eigenvalue weighted by Gasteiger charge is 2.31. The van der Waals surface area contributed by atoms with Gasteiger partial charge in [-0.1, -0.05) is 13.8 Å². The molecule has 1 atom stereocenters. The van der Waals surface area contributed by atoms with Crippen LogP contribution >= 0.6 is 0 Å². The van der Waals surface area contributed by atoms with Crippen LogP contribution in [0.1, 0.15) is 31.0 Å². The minimum atomic E-state index is -4.55. The largest absolute Gasteiger partial charge is 0.416 e. The van der Waals surface area contributed by atoms with E-state index in [2.05, 4.69) is 0 Å². The van der Waals surface area contributed by atoms with E-state index in [0.29, 0.717) is 6.07 Å². The summed E-state index contributed by atoms with van der Waals surface area (Å²) in [5.74, 6) is -0.969. The quantitative estimate of drug-likeness (QED) is 0.780. The number of halogens is 4. The van der Waals surface area contributed by atoms with Crippen molar-refractivity contribution >= 4 is 0 Å². The van der Waals surface area contributed by atoms with Gasteiger partial charge in [-0.05, 0) is 29.7 Å². The molecule has 0 bridgehead atoms. The van der Waals surface area contributed by atoms with Gasteiger partial charge in [-0.15, -0.1) is 0 Å². The lowest BCUT2D eigenvalue weighted by Gasteiger charge is -2.17. The summed E-state index contributed by atoms with van der Waals surface area (Å²) in [6, 6.07) is 1.81. The SMILES string of the molecule is CC(C)C(N)c1cc(F)cc(C(F)(F)F)c1. The molecule has 2 N–H and O–H groups in total. The fourth-order valence-electron chi connectivity index (χ4n) is 1.35. The molecule has 90 valence electrons. The first kappa shape index (κ1) is 13.0. The van der Waals surface area contributed by atoms with Crippen LogP contribution in [-0.2, 0) is 6.18 Å². The monoisotopic (exact) mass is 235 g/mol. The average Bonchev–Trinajstić information content (AvgIpc) is 2.14. The molecular formula is C11H13F4N. The van der Waals surface area contributed by atoms with E-state index in [0.717, 1.165) is 12.1 Å². The van der Waals surface area contributed by atoms with Crippen molar-refractivity contribution in [3.05, 3.63) is 35.1 Å². The molecule has 16 heavy (non-hydrogen) atoms. The minimum absolute atomic E-state index is 0.0529. The zero-order chi connectivity index (χ0) is 12.5. The topological polar surface area (TPSA) is 26.0 Å². The second-order valence-corrected chi connectivity index (χ2v) is 4.04. The molecule has 1 aromatic carbocycles. The van der Waals surface area contributed by atoms with Crippen LogP contribution in [0.25, 0.3) is 0 Å². The van der Waals surface area contributed by atoms with Crippen molar-refractivity contribution in [2.45, 2.75) is 26.1 Å². The highest BCUT2D eigenvalue weighted by molar-refractivity contribution is 5.29. The zero-order valence-electron chi connectivity index (χ0n) is 8.98. The summed E-state index contributed by atoms with van der Waals surface area (Å²) in [6.07, 6.45) is -4.55. The molecular weight excluding hydrogens is 222 g/mol. The Morgan fingerprint density at radius 1 is 1.12 bits per heavy atom. The lowest BCUT2D eigenvalue weighted by atomic mass is 9.95. The zero-order valence-corrected chi connectivity index (χ0v) is 8.98. The van der Waals surface area contributed by atoms with E-state index in [9.17, 15) is 17.6 Å². The van der Waals surface area contributed by atoms with Crippen molar-refractivity contribution in [1.82, 2.24) is 0 Å². The Hall–Kier alpha value is -1.10. The van der Waals surface area contributed by atoms with Crippen LogP contribution < -0.4 is 5.73 Å². The van der Waals surface area contributed by atoms with Crippen molar-refractivity contribution in [2.75, 3.05) is 0 Å². The number of nitrogens with two attached hydrogens (primary N) is 1. The Morgan fingerprint density at radius 3 is 2.12 bits per heavy atom. The second kappa shape index (κ2) is 4.41. The Labute approximate surface area is 91.3 Å². The number of hydrogen-bond acceptors (Lipinski definition) is 1. The van der Waals surface area contributed by atoms with Gasteiger partial charge in [-0.3, -0.25) is 0 Å². The first-order valence-electron chi connectivity index (χ1n) is 4.85. The second-order valence-electron chi connectivity index (χ2n) is 4.04. The third-order valence-corrected chi connectivity index (χ3v) is 2.35. The Bertz CT molecular complexity index is 371. The summed E-state index contributed by atoms with van der Waals surface area (Å²) in [5.41, 5.74) is 4.85. The molecule has 5 heteroatoms. The molecule has 0 aliphatic heterocycles. The fraction of sp³-hybridized carbons (Fsp3) is 0.455. The normalized spacial score (nSPS) is 14.2. The lowest BCUT2D eigenvalue weighted by molar-refractivity contribution is -0.137. The number of rotatable bonds is 2. The number of hydrogen-bond donors (Lipinski definition) is 1. The molecule has 0 aromatic heterocycles. The summed E-state index contributed by atoms with van der Waals surface area (Å²) in [4.78, 5) is 0. The first-order valence-corrected chi connectivity index (χ1v) is 4.85. The van der Waals surface area contributed by atoms with Crippen LogP contribution in [0.2, 0.25) is 0 Å². The maximum absolute atomic E-state index is 13.0. The molecule has 0 aliphatic rings. The van der Waals surface area contributed by atoms with E-state index in [1.54, 1.807) is 13.8 Å². The fourth-order valence-corrected chi connectivity index (χ4v) is 1.35. The van der Waals surface area contributed by atoms with Gasteiger partial charge in [0.25, 0.3) is 0 Å². The molecule has 0 spiro atoms. The van der Waals surface area contributed by atoms with Gasteiger partial charge in [0, 0.05) is 6.04 Å². The maximum Gasteiger partial charge on any atom is 0.416 e. The van der Waals surface area contributed by atoms with Gasteiger partial charge in [-0.25, -0.2) is 4.39 Å². The van der Waals surface area contributed by atoms with Crippen LogP contribution in [0.4, 0.5) is 17.6 Å². The lowest BCUT2D eigenvalue weighted by Crippen LogP contribution is -2.18. The molecule has 0 radical (unpaired) electrons. The molecule has 0 heterocycles. The van der Waals surface area contributed by atoms with Gasteiger partial charge in [0.05, 0.1) is 5.56 Å². The smallest absolute Gasteiger partial charge is 0.324 e. The average molecular weight is 235 g/mol. The van der Waals surface area contributed by atoms with E-state index in [4.69, 9.17) is 5.73 Å². The Kier molecular flexibility index (Phi) is 3.57. The summed E-state index contributed by atoms with van der Waals surface area (Å²) in [5, 5.41) is 0. The third kappa shape index (κ3) is 2.95. The molecule has 0 saturated heterocycles. The predicted molar refractivity (Wildman–Crippen MR) is 53.2 cm³/mol. The van der Waals surface area contributed by atoms with Gasteiger partial charge in [0.15, 0.2) is 0 Å². The van der Waals surface area contributed by atoms with Crippen molar-refractivity contribution in [3.8, 4) is 0 Å². The summed E-state index contributed by atoms with van der Waals surface area (Å²) >= 11 is 0. The molecule has 1 nitrogen and oxygen atoms in total. The van der Waals surface area contributed by atoms with Crippen LogP contribution in [0.5, 0.6) is 0 Å². The molecule has 0 aliphatic carbocycles. The van der Waals surface area contributed by atoms with Gasteiger partial charge < -0.3 is 5.73 Å². The van der Waals surface area contributed by atoms with Crippen LogP contribution in [0.15, 0.2) is 18.2 Å². The maximum atomic E-state index is 13.0. The molecule has 1 aromatic rings. The van der Waals surface area contributed by atoms with Gasteiger partial charge in [0.1, 0.15) is 5.82 Å². The van der Waals surface area contributed by atoms with E-state index in [-0.39, 0.29) is 11.5 Å². The summed E-state index contributed by atoms with van der Waals surface area (Å²) in [6.45, 7) is 3.53. The van der Waals surface area contributed by atoms with Crippen molar-refractivity contribution < 1.29 is 17.6 Å². The summed E-state index contributed by atoms with van der Waals surface area (Å²) in [7, 11) is 0. The standard InChI is InChI=1S/C11H13F4N/c1-6(2)10(16)7-3-8(11(13,14)15)5-9(12)4-7/h3-6,10H,16H2,1-2H3. The molecule has 1 unspecified atom stereocenters. The summed E-state index contributed by atoms with van der Waals surface area (Å²) < 4.78 is 50.2. The van der Waals surface area contributed by atoms with Gasteiger partial charge >= 0.3 is 6.18 Å². The molecule has 1 rings (SSSR count). The first-order chi connectivity index (χ1) is 7.21. The Balaban J connectivity index is 3.18. The predicted octanol–water partition coefficient (Wildman–Crippen LogP) is 3.50. The minimum Gasteiger partial charge on any atom is -0.324 e. The highest BCUT2D eigenvalue weighted by atomic mass is 19.4. The number of benzene rings is 1. The third-order valence-electron chi connectivity index (χ3n) is 2.35. The van der Waals surface area contributed by atoms with E-state index in [1.807, 2.05) is 0 Å². The van der Waals surface area contributed by atoms with Crippen LogP contribution in [-0.4, -0.2) is 0 Å². The molecule has 0 amide bonds. The van der Waals surface area contributed by atoms with E-state index in [1.165, 1.54) is 0 Å². The van der Waals surface area contributed by atoms with E-state index >= 15 is 0 Å². The number of alkyl halides is 3. The van der Waals surface area contributed by atoms with Crippen LogP contribution in [0, 0.1) is 11.7 Å². The van der Waals surface area contributed by atoms with Crippen LogP contribution in [0.3, 0.4) is 0 Å². The van der Waals surface area contributed by atoms with E-state index < -0.39 is 23.6 Å².